The number of pyridine rings is 1. The number of anilines is 1. The Bertz CT molecular complexity index is 1320. The summed E-state index contributed by atoms with van der Waals surface area (Å²) in [5, 5.41) is 4.77. The first-order chi connectivity index (χ1) is 15.1. The fraction of sp³-hybridized carbons (Fsp3) is 0.292. The van der Waals surface area contributed by atoms with Crippen LogP contribution in [0.25, 0.3) is 21.1 Å². The summed E-state index contributed by atoms with van der Waals surface area (Å²) in [5.74, 6) is 0.0598. The van der Waals surface area contributed by atoms with Crippen LogP contribution in [0.4, 0.5) is 5.69 Å². The molecule has 1 saturated heterocycles. The smallest absolute Gasteiger partial charge is 0.265 e. The Morgan fingerprint density at radius 1 is 1.10 bits per heavy atom. The van der Waals surface area contributed by atoms with E-state index < -0.39 is 0 Å². The molecule has 158 valence electrons. The molecule has 1 aliphatic heterocycles. The van der Waals surface area contributed by atoms with Gasteiger partial charge in [-0.25, -0.2) is 4.98 Å². The number of fused-ring (bicyclic) bond motifs is 2. The Kier molecular flexibility index (Phi) is 4.98. The van der Waals surface area contributed by atoms with Crippen molar-refractivity contribution in [3.8, 4) is 0 Å². The summed E-state index contributed by atoms with van der Waals surface area (Å²) in [7, 11) is 3.29. The van der Waals surface area contributed by atoms with Gasteiger partial charge < -0.3 is 14.8 Å². The van der Waals surface area contributed by atoms with E-state index in [-0.39, 0.29) is 17.0 Å². The first-order valence-corrected chi connectivity index (χ1v) is 11.3. The maximum Gasteiger partial charge on any atom is 0.265 e. The number of hydrogen-bond donors (Lipinski definition) is 1. The van der Waals surface area contributed by atoms with E-state index in [1.54, 1.807) is 30.0 Å². The lowest BCUT2D eigenvalue weighted by Gasteiger charge is -2.34. The van der Waals surface area contributed by atoms with Crippen LogP contribution < -0.4 is 15.8 Å². The minimum Gasteiger partial charge on any atom is -0.370 e. The molecule has 0 radical (unpaired) electrons. The van der Waals surface area contributed by atoms with E-state index in [4.69, 9.17) is 4.98 Å². The number of rotatable bonds is 3. The van der Waals surface area contributed by atoms with Crippen LogP contribution in [-0.2, 0) is 7.05 Å². The maximum absolute atomic E-state index is 13.1. The first-order valence-electron chi connectivity index (χ1n) is 10.5. The number of nitrogens with zero attached hydrogens (tertiary/aromatic N) is 3. The average Bonchev–Trinajstić information content (AvgIpc) is 3.25. The molecule has 0 unspecified atom stereocenters. The van der Waals surface area contributed by atoms with Crippen LogP contribution in [0, 0.1) is 0 Å². The lowest BCUT2D eigenvalue weighted by Crippen LogP contribution is -2.39. The molecule has 31 heavy (non-hydrogen) atoms. The monoisotopic (exact) mass is 432 g/mol. The molecule has 1 aliphatic rings. The Labute approximate surface area is 184 Å². The number of piperidine rings is 1. The van der Waals surface area contributed by atoms with Crippen molar-refractivity contribution in [1.82, 2.24) is 14.9 Å². The number of thiazole rings is 1. The van der Waals surface area contributed by atoms with Crippen LogP contribution in [0.5, 0.6) is 0 Å². The topological polar surface area (TPSA) is 67.2 Å². The molecule has 7 heteroatoms. The van der Waals surface area contributed by atoms with Gasteiger partial charge in [-0.3, -0.25) is 9.59 Å². The Morgan fingerprint density at radius 3 is 2.55 bits per heavy atom. The standard InChI is InChI=1S/C24H24N4O2S/c1-25-22(29)20-21(16-7-3-5-9-18(16)27(2)24(20)30)28-13-11-15(12-14-28)23-26-17-8-4-6-10-19(17)31-23/h3-10,15H,11-14H2,1-2H3,(H,25,29). The van der Waals surface area contributed by atoms with Gasteiger partial charge in [0.2, 0.25) is 0 Å². The van der Waals surface area contributed by atoms with Gasteiger partial charge in [-0.05, 0) is 31.0 Å². The summed E-state index contributed by atoms with van der Waals surface area (Å²) < 4.78 is 2.79. The lowest BCUT2D eigenvalue weighted by atomic mass is 9.95. The van der Waals surface area contributed by atoms with E-state index in [2.05, 4.69) is 22.3 Å². The highest BCUT2D eigenvalue weighted by atomic mass is 32.1. The highest BCUT2D eigenvalue weighted by molar-refractivity contribution is 7.18. The highest BCUT2D eigenvalue weighted by Crippen LogP contribution is 2.37. The maximum atomic E-state index is 13.1. The Balaban J connectivity index is 1.52. The normalized spacial score (nSPS) is 15.0. The second kappa shape index (κ2) is 7.81. The van der Waals surface area contributed by atoms with Crippen LogP contribution in [0.2, 0.25) is 0 Å². The minimum atomic E-state index is -0.338. The van der Waals surface area contributed by atoms with Crippen molar-refractivity contribution in [2.24, 2.45) is 7.05 Å². The average molecular weight is 433 g/mol. The Morgan fingerprint density at radius 2 is 1.81 bits per heavy atom. The van der Waals surface area contributed by atoms with E-state index in [1.165, 1.54) is 9.71 Å². The molecular weight excluding hydrogens is 408 g/mol. The number of benzene rings is 2. The highest BCUT2D eigenvalue weighted by Gasteiger charge is 2.29. The summed E-state index contributed by atoms with van der Waals surface area (Å²) in [6, 6.07) is 16.1. The van der Waals surface area contributed by atoms with Gasteiger partial charge in [0, 0.05) is 38.5 Å². The molecule has 4 aromatic rings. The summed E-state index contributed by atoms with van der Waals surface area (Å²) in [6.07, 6.45) is 1.88. The van der Waals surface area contributed by atoms with Crippen molar-refractivity contribution < 1.29 is 4.79 Å². The van der Waals surface area contributed by atoms with E-state index in [1.807, 2.05) is 36.4 Å². The first kappa shape index (κ1) is 19.8. The number of hydrogen-bond acceptors (Lipinski definition) is 5. The van der Waals surface area contributed by atoms with Gasteiger partial charge in [0.25, 0.3) is 11.5 Å². The molecule has 0 saturated carbocycles. The van der Waals surface area contributed by atoms with Gasteiger partial charge in [0.05, 0.1) is 26.4 Å². The van der Waals surface area contributed by atoms with E-state index in [9.17, 15) is 9.59 Å². The quantitative estimate of drug-likeness (QED) is 0.533. The third kappa shape index (κ3) is 3.29. The van der Waals surface area contributed by atoms with Gasteiger partial charge in [0.1, 0.15) is 5.56 Å². The molecule has 5 rings (SSSR count). The largest absolute Gasteiger partial charge is 0.370 e. The van der Waals surface area contributed by atoms with Crippen LogP contribution >= 0.6 is 11.3 Å². The third-order valence-electron chi connectivity index (χ3n) is 6.20. The SMILES string of the molecule is CNC(=O)c1c(N2CCC(c3nc4ccccc4s3)CC2)c2ccccc2n(C)c1=O. The van der Waals surface area contributed by atoms with E-state index in [0.29, 0.717) is 5.92 Å². The van der Waals surface area contributed by atoms with Gasteiger partial charge in [-0.1, -0.05) is 30.3 Å². The molecule has 3 heterocycles. The number of aryl methyl sites for hydroxylation is 1. The van der Waals surface area contributed by atoms with Gasteiger partial charge in [0.15, 0.2) is 0 Å². The molecule has 6 nitrogen and oxygen atoms in total. The fourth-order valence-electron chi connectivity index (χ4n) is 4.55. The summed E-state index contributed by atoms with van der Waals surface area (Å²) in [6.45, 7) is 1.56. The summed E-state index contributed by atoms with van der Waals surface area (Å²) >= 11 is 1.77. The number of para-hydroxylation sites is 2. The molecule has 0 bridgehead atoms. The minimum absolute atomic E-state index is 0.224. The zero-order chi connectivity index (χ0) is 21.5. The molecule has 1 fully saturated rings. The number of amides is 1. The van der Waals surface area contributed by atoms with E-state index >= 15 is 0 Å². The zero-order valence-electron chi connectivity index (χ0n) is 17.6. The number of carbonyl (C=O) groups is 1. The van der Waals surface area contributed by atoms with Gasteiger partial charge in [-0.15, -0.1) is 11.3 Å². The van der Waals surface area contributed by atoms with Crippen molar-refractivity contribution >= 4 is 44.1 Å². The van der Waals surface area contributed by atoms with Gasteiger partial charge in [-0.2, -0.15) is 0 Å². The second-order valence-corrected chi connectivity index (χ2v) is 9.03. The van der Waals surface area contributed by atoms with E-state index in [0.717, 1.165) is 48.0 Å². The van der Waals surface area contributed by atoms with Crippen LogP contribution in [0.3, 0.4) is 0 Å². The number of nitrogens with one attached hydrogen (secondary N) is 1. The zero-order valence-corrected chi connectivity index (χ0v) is 18.4. The molecule has 0 aliphatic carbocycles. The molecule has 1 N–H and O–H groups in total. The van der Waals surface area contributed by atoms with Crippen molar-refractivity contribution in [2.45, 2.75) is 18.8 Å². The van der Waals surface area contributed by atoms with Crippen molar-refractivity contribution in [3.63, 3.8) is 0 Å². The molecule has 2 aromatic carbocycles. The Hall–Kier alpha value is -3.19. The molecule has 1 amide bonds. The van der Waals surface area contributed by atoms with Crippen LogP contribution in [0.15, 0.2) is 53.3 Å². The van der Waals surface area contributed by atoms with Crippen LogP contribution in [-0.4, -0.2) is 35.6 Å². The third-order valence-corrected chi connectivity index (χ3v) is 7.40. The summed E-state index contributed by atoms with van der Waals surface area (Å²) in [4.78, 5) is 32.9. The lowest BCUT2D eigenvalue weighted by molar-refractivity contribution is 0.0961. The predicted molar refractivity (Wildman–Crippen MR) is 126 cm³/mol. The van der Waals surface area contributed by atoms with Crippen molar-refractivity contribution in [2.75, 3.05) is 25.0 Å². The molecule has 0 atom stereocenters. The van der Waals surface area contributed by atoms with Crippen LogP contribution in [0.1, 0.15) is 34.1 Å². The number of carbonyl (C=O) groups excluding carboxylic acids is 1. The second-order valence-electron chi connectivity index (χ2n) is 7.97. The summed E-state index contributed by atoms with van der Waals surface area (Å²) in [5.41, 5.74) is 2.61. The fourth-order valence-corrected chi connectivity index (χ4v) is 5.69. The van der Waals surface area contributed by atoms with Crippen molar-refractivity contribution in [3.05, 3.63) is 69.5 Å². The predicted octanol–water partition coefficient (Wildman–Crippen LogP) is 3.89. The number of aromatic nitrogens is 2. The van der Waals surface area contributed by atoms with Gasteiger partial charge >= 0.3 is 0 Å². The molecule has 0 spiro atoms. The molecule has 2 aromatic heterocycles. The molecular formula is C24H24N4O2S. The van der Waals surface area contributed by atoms with Crippen molar-refractivity contribution in [1.29, 1.82) is 0 Å².